The van der Waals surface area contributed by atoms with Gasteiger partial charge in [0.25, 0.3) is 0 Å². The van der Waals surface area contributed by atoms with Crippen molar-refractivity contribution in [2.45, 2.75) is 46.1 Å². The minimum absolute atomic E-state index is 0.340. The lowest BCUT2D eigenvalue weighted by molar-refractivity contribution is 0.416. The van der Waals surface area contributed by atoms with E-state index in [1.54, 1.807) is 7.11 Å². The number of hydrogen-bond donors (Lipinski definition) is 1. The van der Waals surface area contributed by atoms with Gasteiger partial charge in [0.1, 0.15) is 23.1 Å². The van der Waals surface area contributed by atoms with Crippen LogP contribution in [0.5, 0.6) is 5.75 Å². The van der Waals surface area contributed by atoms with E-state index >= 15 is 0 Å². The predicted molar refractivity (Wildman–Crippen MR) is 87.6 cm³/mol. The van der Waals surface area contributed by atoms with Crippen molar-refractivity contribution in [3.63, 3.8) is 0 Å². The van der Waals surface area contributed by atoms with Crippen LogP contribution in [0.25, 0.3) is 11.3 Å². The molecule has 2 rings (SSSR count). The number of nitrogen functional groups attached to an aromatic ring is 1. The lowest BCUT2D eigenvalue weighted by Gasteiger charge is -2.11. The van der Waals surface area contributed by atoms with Crippen LogP contribution in [0.4, 0.5) is 5.82 Å². The van der Waals surface area contributed by atoms with E-state index in [1.807, 2.05) is 24.3 Å². The van der Waals surface area contributed by atoms with E-state index in [1.165, 1.54) is 0 Å². The van der Waals surface area contributed by atoms with Crippen LogP contribution < -0.4 is 10.5 Å². The second-order valence-corrected chi connectivity index (χ2v) is 5.56. The molecule has 0 atom stereocenters. The van der Waals surface area contributed by atoms with E-state index in [9.17, 15) is 0 Å². The summed E-state index contributed by atoms with van der Waals surface area (Å²) in [7, 11) is 1.67. The Morgan fingerprint density at radius 2 is 2.00 bits per heavy atom. The molecule has 0 aliphatic heterocycles. The molecule has 1 heterocycles. The molecule has 0 bridgehead atoms. The highest BCUT2D eigenvalue weighted by Crippen LogP contribution is 2.35. The highest BCUT2D eigenvalue weighted by atomic mass is 16.5. The molecule has 0 saturated carbocycles. The van der Waals surface area contributed by atoms with Crippen molar-refractivity contribution in [2.75, 3.05) is 12.8 Å². The number of imidazole rings is 1. The molecule has 0 saturated heterocycles. The first-order valence-electron chi connectivity index (χ1n) is 7.59. The molecule has 0 spiro atoms. The summed E-state index contributed by atoms with van der Waals surface area (Å²) in [5.74, 6) is 2.92. The number of hydrogen-bond acceptors (Lipinski definition) is 3. The van der Waals surface area contributed by atoms with E-state index in [2.05, 4.69) is 25.3 Å². The lowest BCUT2D eigenvalue weighted by Crippen LogP contribution is -2.08. The number of nitrogens with zero attached hydrogens (tertiary/aromatic N) is 2. The smallest absolute Gasteiger partial charge is 0.131 e. The van der Waals surface area contributed by atoms with Crippen molar-refractivity contribution >= 4 is 5.82 Å². The summed E-state index contributed by atoms with van der Waals surface area (Å²) in [4.78, 5) is 4.80. The fourth-order valence-corrected chi connectivity index (χ4v) is 2.51. The van der Waals surface area contributed by atoms with Crippen LogP contribution in [0.1, 0.15) is 45.4 Å². The second-order valence-electron chi connectivity index (χ2n) is 5.56. The van der Waals surface area contributed by atoms with Crippen molar-refractivity contribution in [3.05, 3.63) is 30.1 Å². The molecule has 0 aliphatic carbocycles. The Morgan fingerprint density at radius 1 is 1.29 bits per heavy atom. The van der Waals surface area contributed by atoms with Crippen LogP contribution in [0.3, 0.4) is 0 Å². The maximum atomic E-state index is 6.38. The third-order valence-electron chi connectivity index (χ3n) is 3.65. The Bertz CT molecular complexity index is 602. The van der Waals surface area contributed by atoms with Gasteiger partial charge in [-0.3, -0.25) is 0 Å². The number of methoxy groups -OCH3 is 1. The quantitative estimate of drug-likeness (QED) is 0.871. The van der Waals surface area contributed by atoms with Gasteiger partial charge in [0, 0.05) is 18.0 Å². The number of aromatic nitrogens is 2. The van der Waals surface area contributed by atoms with Gasteiger partial charge in [-0.15, -0.1) is 0 Å². The second kappa shape index (κ2) is 6.66. The van der Waals surface area contributed by atoms with E-state index in [-0.39, 0.29) is 0 Å². The lowest BCUT2D eigenvalue weighted by atomic mass is 10.1. The molecule has 4 nitrogen and oxygen atoms in total. The number of benzene rings is 1. The van der Waals surface area contributed by atoms with Crippen molar-refractivity contribution in [1.29, 1.82) is 0 Å². The standard InChI is InChI=1S/C17H25N3O/c1-5-6-11-20-16(18)15(19-17(20)12(2)3)13-9-7-8-10-14(13)21-4/h7-10,12H,5-6,11,18H2,1-4H3. The molecular weight excluding hydrogens is 262 g/mol. The van der Waals surface area contributed by atoms with Gasteiger partial charge in [0.2, 0.25) is 0 Å². The molecule has 0 radical (unpaired) electrons. The summed E-state index contributed by atoms with van der Waals surface area (Å²) in [6, 6.07) is 7.88. The minimum Gasteiger partial charge on any atom is -0.496 e. The van der Waals surface area contributed by atoms with Crippen LogP contribution in [0.2, 0.25) is 0 Å². The highest BCUT2D eigenvalue weighted by molar-refractivity contribution is 5.76. The SMILES string of the molecule is CCCCn1c(C(C)C)nc(-c2ccccc2OC)c1N. The fraction of sp³-hybridized carbons (Fsp3) is 0.471. The van der Waals surface area contributed by atoms with Gasteiger partial charge in [-0.05, 0) is 18.6 Å². The predicted octanol–water partition coefficient (Wildman–Crippen LogP) is 4.06. The van der Waals surface area contributed by atoms with E-state index in [0.717, 1.165) is 48.0 Å². The van der Waals surface area contributed by atoms with Crippen LogP contribution in [-0.2, 0) is 6.54 Å². The largest absolute Gasteiger partial charge is 0.496 e. The van der Waals surface area contributed by atoms with Crippen molar-refractivity contribution in [2.24, 2.45) is 0 Å². The Morgan fingerprint density at radius 3 is 2.62 bits per heavy atom. The zero-order valence-electron chi connectivity index (χ0n) is 13.4. The Kier molecular flexibility index (Phi) is 4.89. The van der Waals surface area contributed by atoms with Crippen molar-refractivity contribution in [3.8, 4) is 17.0 Å². The number of para-hydroxylation sites is 1. The summed E-state index contributed by atoms with van der Waals surface area (Å²) in [5.41, 5.74) is 8.16. The van der Waals surface area contributed by atoms with Crippen LogP contribution in [-0.4, -0.2) is 16.7 Å². The van der Waals surface area contributed by atoms with Crippen LogP contribution >= 0.6 is 0 Å². The van der Waals surface area contributed by atoms with Gasteiger partial charge in [-0.1, -0.05) is 39.3 Å². The highest BCUT2D eigenvalue weighted by Gasteiger charge is 2.20. The molecule has 0 amide bonds. The van der Waals surface area contributed by atoms with Gasteiger partial charge in [-0.25, -0.2) is 4.98 Å². The first-order valence-corrected chi connectivity index (χ1v) is 7.59. The van der Waals surface area contributed by atoms with Crippen LogP contribution in [0, 0.1) is 0 Å². The molecular formula is C17H25N3O. The molecule has 2 aromatic rings. The summed E-state index contributed by atoms with van der Waals surface area (Å²) in [5, 5.41) is 0. The number of anilines is 1. The average molecular weight is 287 g/mol. The molecule has 0 fully saturated rings. The van der Waals surface area contributed by atoms with Gasteiger partial charge in [0.15, 0.2) is 0 Å². The molecule has 0 aliphatic rings. The number of unbranched alkanes of at least 4 members (excludes halogenated alkanes) is 1. The first-order chi connectivity index (χ1) is 10.1. The fourth-order valence-electron chi connectivity index (χ4n) is 2.51. The van der Waals surface area contributed by atoms with Gasteiger partial charge < -0.3 is 15.0 Å². The van der Waals surface area contributed by atoms with Gasteiger partial charge in [0.05, 0.1) is 7.11 Å². The first kappa shape index (κ1) is 15.4. The molecule has 0 unspecified atom stereocenters. The summed E-state index contributed by atoms with van der Waals surface area (Å²) in [6.07, 6.45) is 2.24. The number of ether oxygens (including phenoxy) is 1. The number of nitrogens with two attached hydrogens (primary N) is 1. The molecule has 1 aromatic heterocycles. The van der Waals surface area contributed by atoms with E-state index in [4.69, 9.17) is 15.5 Å². The van der Waals surface area contributed by atoms with Crippen molar-refractivity contribution in [1.82, 2.24) is 9.55 Å². The summed E-state index contributed by atoms with van der Waals surface area (Å²) >= 11 is 0. The van der Waals surface area contributed by atoms with Gasteiger partial charge in [-0.2, -0.15) is 0 Å². The summed E-state index contributed by atoms with van der Waals surface area (Å²) in [6.45, 7) is 7.40. The Labute approximate surface area is 127 Å². The van der Waals surface area contributed by atoms with Gasteiger partial charge >= 0.3 is 0 Å². The third-order valence-corrected chi connectivity index (χ3v) is 3.65. The maximum Gasteiger partial charge on any atom is 0.131 e. The monoisotopic (exact) mass is 287 g/mol. The van der Waals surface area contributed by atoms with E-state index < -0.39 is 0 Å². The molecule has 1 aromatic carbocycles. The maximum absolute atomic E-state index is 6.38. The zero-order valence-corrected chi connectivity index (χ0v) is 13.4. The molecule has 2 N–H and O–H groups in total. The van der Waals surface area contributed by atoms with Crippen molar-refractivity contribution < 1.29 is 4.74 Å². The average Bonchev–Trinajstić information content (AvgIpc) is 2.82. The summed E-state index contributed by atoms with van der Waals surface area (Å²) < 4.78 is 7.59. The minimum atomic E-state index is 0.340. The molecule has 21 heavy (non-hydrogen) atoms. The molecule has 114 valence electrons. The normalized spacial score (nSPS) is 11.1. The zero-order chi connectivity index (χ0) is 15.4. The van der Waals surface area contributed by atoms with Crippen LogP contribution in [0.15, 0.2) is 24.3 Å². The Hall–Kier alpha value is -1.97. The topological polar surface area (TPSA) is 53.1 Å². The Balaban J connectivity index is 2.54. The number of rotatable bonds is 6. The van der Waals surface area contributed by atoms with E-state index in [0.29, 0.717) is 5.92 Å². The molecule has 4 heteroatoms. The third kappa shape index (κ3) is 3.04.